The Morgan fingerprint density at radius 2 is 1.82 bits per heavy atom. The van der Waals surface area contributed by atoms with Crippen LogP contribution < -0.4 is 0 Å². The molecule has 3 heteroatoms. The molecule has 1 aliphatic carbocycles. The zero-order valence-corrected chi connectivity index (χ0v) is 12.6. The summed E-state index contributed by atoms with van der Waals surface area (Å²) in [5.74, 6) is 1.80. The second-order valence-corrected chi connectivity index (χ2v) is 11.8. The van der Waals surface area contributed by atoms with Gasteiger partial charge in [0.25, 0.3) is 0 Å². The van der Waals surface area contributed by atoms with Gasteiger partial charge < -0.3 is 4.90 Å². The Bertz CT molecular complexity index is 326. The normalized spacial score (nSPS) is 33.4. The average Bonchev–Trinajstić information content (AvgIpc) is 2.67. The molecule has 17 heavy (non-hydrogen) atoms. The molecule has 1 saturated carbocycles. The predicted molar refractivity (Wildman–Crippen MR) is 74.4 cm³/mol. The molecular weight excluding hydrogens is 226 g/mol. The van der Waals surface area contributed by atoms with Crippen LogP contribution in [0.25, 0.3) is 0 Å². The first-order valence-electron chi connectivity index (χ1n) is 6.88. The molecule has 0 radical (unpaired) electrons. The summed E-state index contributed by atoms with van der Waals surface area (Å²) in [5, 5.41) is 0. The van der Waals surface area contributed by atoms with Crippen molar-refractivity contribution in [3.05, 3.63) is 11.8 Å². The number of nitrogens with zero attached hydrogens (tertiary/aromatic N) is 1. The van der Waals surface area contributed by atoms with Gasteiger partial charge in [0.1, 0.15) is 0 Å². The molecule has 1 heterocycles. The third-order valence-electron chi connectivity index (χ3n) is 3.97. The molecule has 2 nitrogen and oxygen atoms in total. The molecule has 0 bridgehead atoms. The predicted octanol–water partition coefficient (Wildman–Crippen LogP) is 2.92. The van der Waals surface area contributed by atoms with Crippen LogP contribution in [0.4, 0.5) is 0 Å². The highest BCUT2D eigenvalue weighted by molar-refractivity contribution is 6.80. The Labute approximate surface area is 106 Å². The van der Waals surface area contributed by atoms with Crippen molar-refractivity contribution in [3.63, 3.8) is 0 Å². The number of allylic oxidation sites excluding steroid dienone is 1. The Morgan fingerprint density at radius 1 is 1.24 bits per heavy atom. The van der Waals surface area contributed by atoms with E-state index in [1.807, 2.05) is 0 Å². The molecule has 2 fully saturated rings. The number of rotatable bonds is 3. The first-order chi connectivity index (χ1) is 7.90. The lowest BCUT2D eigenvalue weighted by Gasteiger charge is -2.15. The van der Waals surface area contributed by atoms with Gasteiger partial charge in [0.2, 0.25) is 5.91 Å². The minimum Gasteiger partial charge on any atom is -0.342 e. The molecule has 1 saturated heterocycles. The van der Waals surface area contributed by atoms with Gasteiger partial charge in [-0.15, -0.1) is 0 Å². The van der Waals surface area contributed by atoms with Gasteiger partial charge in [0, 0.05) is 19.0 Å². The van der Waals surface area contributed by atoms with Gasteiger partial charge in [0.05, 0.1) is 8.07 Å². The molecule has 0 spiro atoms. The van der Waals surface area contributed by atoms with Gasteiger partial charge in [0.15, 0.2) is 0 Å². The fraction of sp³-hybridized carbons (Fsp3) is 0.786. The SMILES string of the molecule is C[C@H]1[C@H](/C=C/[Si](C)(C)C)[C@@H]1C(=O)N1CCCC1. The van der Waals surface area contributed by atoms with E-state index in [0.717, 1.165) is 13.1 Å². The van der Waals surface area contributed by atoms with Crippen LogP contribution in [0.3, 0.4) is 0 Å². The van der Waals surface area contributed by atoms with Crippen LogP contribution in [-0.2, 0) is 4.79 Å². The average molecular weight is 251 g/mol. The molecule has 2 aliphatic rings. The van der Waals surface area contributed by atoms with Gasteiger partial charge >= 0.3 is 0 Å². The molecule has 1 amide bonds. The van der Waals surface area contributed by atoms with Crippen molar-refractivity contribution in [2.75, 3.05) is 13.1 Å². The van der Waals surface area contributed by atoms with Crippen LogP contribution in [0.1, 0.15) is 19.8 Å². The summed E-state index contributed by atoms with van der Waals surface area (Å²) in [6.45, 7) is 11.2. The van der Waals surface area contributed by atoms with Crippen LogP contribution in [-0.4, -0.2) is 32.0 Å². The third kappa shape index (κ3) is 3.00. The monoisotopic (exact) mass is 251 g/mol. The van der Waals surface area contributed by atoms with Crippen molar-refractivity contribution >= 4 is 14.0 Å². The Kier molecular flexibility index (Phi) is 3.48. The van der Waals surface area contributed by atoms with Crippen molar-refractivity contribution in [2.24, 2.45) is 17.8 Å². The first-order valence-corrected chi connectivity index (χ1v) is 10.5. The third-order valence-corrected chi connectivity index (χ3v) is 5.16. The van der Waals surface area contributed by atoms with E-state index < -0.39 is 8.07 Å². The highest BCUT2D eigenvalue weighted by Crippen LogP contribution is 2.48. The summed E-state index contributed by atoms with van der Waals surface area (Å²) in [6, 6.07) is 0. The van der Waals surface area contributed by atoms with E-state index in [9.17, 15) is 4.79 Å². The zero-order chi connectivity index (χ0) is 12.6. The fourth-order valence-corrected chi connectivity index (χ4v) is 3.53. The van der Waals surface area contributed by atoms with Crippen molar-refractivity contribution in [2.45, 2.75) is 39.4 Å². The second kappa shape index (κ2) is 4.60. The summed E-state index contributed by atoms with van der Waals surface area (Å²) < 4.78 is 0. The first kappa shape index (κ1) is 12.9. The lowest BCUT2D eigenvalue weighted by atomic mass is 10.3. The van der Waals surface area contributed by atoms with Gasteiger partial charge in [-0.2, -0.15) is 0 Å². The van der Waals surface area contributed by atoms with Crippen molar-refractivity contribution < 1.29 is 4.79 Å². The molecular formula is C14H25NOSi. The van der Waals surface area contributed by atoms with Crippen molar-refractivity contribution in [1.82, 2.24) is 4.90 Å². The van der Waals surface area contributed by atoms with E-state index in [0.29, 0.717) is 23.7 Å². The van der Waals surface area contributed by atoms with Crippen molar-refractivity contribution in [3.8, 4) is 0 Å². The van der Waals surface area contributed by atoms with Crippen LogP contribution in [0.5, 0.6) is 0 Å². The van der Waals surface area contributed by atoms with E-state index in [1.54, 1.807) is 0 Å². The standard InChI is InChI=1S/C14H25NOSi/c1-11-12(7-10-17(2,3)4)13(11)14(16)15-8-5-6-9-15/h7,10-13H,5-6,8-9H2,1-4H3/b10-7+/t11-,12-,13+/m0/s1. The summed E-state index contributed by atoms with van der Waals surface area (Å²) >= 11 is 0. The number of amides is 1. The van der Waals surface area contributed by atoms with E-state index in [2.05, 4.69) is 43.2 Å². The van der Waals surface area contributed by atoms with Crippen LogP contribution in [0.15, 0.2) is 11.8 Å². The smallest absolute Gasteiger partial charge is 0.226 e. The molecule has 0 aromatic heterocycles. The van der Waals surface area contributed by atoms with E-state index >= 15 is 0 Å². The summed E-state index contributed by atoms with van der Waals surface area (Å²) in [5.41, 5.74) is 2.39. The highest BCUT2D eigenvalue weighted by Gasteiger charge is 2.51. The highest BCUT2D eigenvalue weighted by atomic mass is 28.3. The molecule has 96 valence electrons. The fourth-order valence-electron chi connectivity index (χ4n) is 2.73. The van der Waals surface area contributed by atoms with E-state index in [4.69, 9.17) is 0 Å². The molecule has 2 rings (SSSR count). The maximum atomic E-state index is 12.3. The maximum absolute atomic E-state index is 12.3. The molecule has 1 aliphatic heterocycles. The number of carbonyl (C=O) groups excluding carboxylic acids is 1. The lowest BCUT2D eigenvalue weighted by Crippen LogP contribution is -2.29. The number of likely N-dealkylation sites (tertiary alicyclic amines) is 1. The molecule has 0 unspecified atom stereocenters. The van der Waals surface area contributed by atoms with Crippen LogP contribution >= 0.6 is 0 Å². The van der Waals surface area contributed by atoms with Gasteiger partial charge in [-0.3, -0.25) is 4.79 Å². The van der Waals surface area contributed by atoms with Gasteiger partial charge in [-0.05, 0) is 24.7 Å². The number of carbonyl (C=O) groups is 1. The minimum absolute atomic E-state index is 0.292. The molecule has 0 N–H and O–H groups in total. The van der Waals surface area contributed by atoms with E-state index in [-0.39, 0.29) is 0 Å². The van der Waals surface area contributed by atoms with Gasteiger partial charge in [-0.1, -0.05) is 38.3 Å². The lowest BCUT2D eigenvalue weighted by molar-refractivity contribution is -0.131. The Hall–Kier alpha value is -0.573. The summed E-state index contributed by atoms with van der Waals surface area (Å²) in [4.78, 5) is 14.3. The van der Waals surface area contributed by atoms with Crippen LogP contribution in [0, 0.1) is 17.8 Å². The Morgan fingerprint density at radius 3 is 2.35 bits per heavy atom. The quantitative estimate of drug-likeness (QED) is 0.706. The summed E-state index contributed by atoms with van der Waals surface area (Å²) in [7, 11) is -1.11. The zero-order valence-electron chi connectivity index (χ0n) is 11.6. The van der Waals surface area contributed by atoms with E-state index in [1.165, 1.54) is 12.8 Å². The minimum atomic E-state index is -1.11. The molecule has 3 atom stereocenters. The summed E-state index contributed by atoms with van der Waals surface area (Å²) in [6.07, 6.45) is 4.72. The Balaban J connectivity index is 1.91. The molecule has 0 aromatic carbocycles. The van der Waals surface area contributed by atoms with Crippen molar-refractivity contribution in [1.29, 1.82) is 0 Å². The maximum Gasteiger partial charge on any atom is 0.226 e. The molecule has 0 aromatic rings. The largest absolute Gasteiger partial charge is 0.342 e. The number of hydrogen-bond donors (Lipinski definition) is 0. The topological polar surface area (TPSA) is 20.3 Å². The van der Waals surface area contributed by atoms with Gasteiger partial charge in [-0.25, -0.2) is 0 Å². The second-order valence-electron chi connectivity index (χ2n) is 6.72. The van der Waals surface area contributed by atoms with Crippen LogP contribution in [0.2, 0.25) is 19.6 Å². The number of hydrogen-bond acceptors (Lipinski definition) is 1.